The summed E-state index contributed by atoms with van der Waals surface area (Å²) in [6.45, 7) is 7.48. The fraction of sp³-hybridized carbons (Fsp3) is 0.125. The van der Waals surface area contributed by atoms with E-state index in [0.29, 0.717) is 72.5 Å². The molecule has 9 heterocycles. The fourth-order valence-corrected chi connectivity index (χ4v) is 19.5. The number of thiophene rings is 6. The summed E-state index contributed by atoms with van der Waals surface area (Å²) in [5, 5.41) is 39.4. The van der Waals surface area contributed by atoms with Gasteiger partial charge in [0.1, 0.15) is 80.7 Å². The minimum Gasteiger partial charge on any atom is -0.495 e. The molecule has 0 radical (unpaired) electrons. The molecule has 0 N–H and O–H groups in total. The third-order valence-corrected chi connectivity index (χ3v) is 23.3. The Labute approximate surface area is 527 Å². The topological polar surface area (TPSA) is 192 Å². The van der Waals surface area contributed by atoms with Gasteiger partial charge in [0.15, 0.2) is 46.5 Å². The summed E-state index contributed by atoms with van der Waals surface area (Å²) in [6.07, 6.45) is 2.91. The first-order chi connectivity index (χ1) is 42.6. The van der Waals surface area contributed by atoms with Gasteiger partial charge in [0.2, 0.25) is 0 Å². The normalized spacial score (nSPS) is 15.6. The van der Waals surface area contributed by atoms with E-state index in [9.17, 15) is 48.2 Å². The van der Waals surface area contributed by atoms with Crippen LogP contribution in [0.2, 0.25) is 0 Å². The van der Waals surface area contributed by atoms with Crippen LogP contribution in [0, 0.1) is 80.2 Å². The maximum Gasteiger partial charge on any atom is 0.194 e. The fourth-order valence-electron chi connectivity index (χ4n) is 11.4. The van der Waals surface area contributed by atoms with Gasteiger partial charge in [-0.3, -0.25) is 9.59 Å². The summed E-state index contributed by atoms with van der Waals surface area (Å²) < 4.78 is 127. The molecule has 436 valence electrons. The van der Waals surface area contributed by atoms with Crippen molar-refractivity contribution in [1.29, 1.82) is 21.0 Å². The monoisotopic (exact) mass is 1320 g/mol. The largest absolute Gasteiger partial charge is 0.495 e. The Balaban J connectivity index is 0.806. The van der Waals surface area contributed by atoms with Gasteiger partial charge in [-0.25, -0.2) is 26.3 Å². The number of hydrogen-bond acceptors (Lipinski definition) is 19. The quantitative estimate of drug-likeness (QED) is 0.0795. The van der Waals surface area contributed by atoms with Crippen molar-refractivity contribution in [1.82, 2.24) is 8.75 Å². The molecular weight excluding hydrogens is 1290 g/mol. The lowest BCUT2D eigenvalue weighted by atomic mass is 9.94. The predicted octanol–water partition coefficient (Wildman–Crippen LogP) is 18.3. The number of halogens is 6. The van der Waals surface area contributed by atoms with Crippen LogP contribution < -0.4 is 18.9 Å². The summed E-state index contributed by atoms with van der Waals surface area (Å²) >= 11 is 8.43. The number of ether oxygens (including phenoxy) is 4. The number of Topliss-reactive ketones (excluding diaryl/α,β-unsaturated/α-hetero) is 2. The van der Waals surface area contributed by atoms with E-state index in [4.69, 9.17) is 18.9 Å². The van der Waals surface area contributed by atoms with Gasteiger partial charge in [-0.1, -0.05) is 0 Å². The molecule has 14 rings (SSSR count). The van der Waals surface area contributed by atoms with Crippen molar-refractivity contribution in [2.45, 2.75) is 38.9 Å². The van der Waals surface area contributed by atoms with Gasteiger partial charge in [0, 0.05) is 75.0 Å². The molecule has 0 spiro atoms. The van der Waals surface area contributed by atoms with Gasteiger partial charge in [0.25, 0.3) is 0 Å². The lowest BCUT2D eigenvalue weighted by Gasteiger charge is -2.31. The number of benzene rings is 3. The van der Waals surface area contributed by atoms with E-state index in [1.54, 1.807) is 48.5 Å². The Kier molecular flexibility index (Phi) is 13.3. The van der Waals surface area contributed by atoms with Crippen LogP contribution in [0.3, 0.4) is 0 Å². The van der Waals surface area contributed by atoms with Crippen molar-refractivity contribution < 1.29 is 54.9 Å². The van der Waals surface area contributed by atoms with Crippen LogP contribution in [0.5, 0.6) is 23.0 Å². The first-order valence-corrected chi connectivity index (χ1v) is 31.8. The number of carbonyl (C=O) groups is 2. The number of allylic oxidation sites excluding steroid dienone is 6. The average molecular weight is 1320 g/mol. The summed E-state index contributed by atoms with van der Waals surface area (Å²) in [6, 6.07) is 20.7. The van der Waals surface area contributed by atoms with E-state index in [-0.39, 0.29) is 66.7 Å². The van der Waals surface area contributed by atoms with Gasteiger partial charge in [0.05, 0.1) is 71.2 Å². The third kappa shape index (κ3) is 8.70. The van der Waals surface area contributed by atoms with E-state index >= 15 is 8.78 Å². The van der Waals surface area contributed by atoms with E-state index in [0.717, 1.165) is 56.2 Å². The van der Waals surface area contributed by atoms with Crippen LogP contribution in [-0.2, 0) is 11.2 Å². The Morgan fingerprint density at radius 3 is 1.27 bits per heavy atom. The Bertz CT molecular complexity index is 5230. The Morgan fingerprint density at radius 2 is 0.843 bits per heavy atom. The minimum atomic E-state index is -1.26. The molecule has 4 aliphatic rings. The molecule has 10 aromatic rings. The van der Waals surface area contributed by atoms with E-state index in [1.165, 1.54) is 94.4 Å². The summed E-state index contributed by atoms with van der Waals surface area (Å²) in [4.78, 5) is 34.6. The van der Waals surface area contributed by atoms with E-state index < -0.39 is 68.8 Å². The highest BCUT2D eigenvalue weighted by Crippen LogP contribution is 2.61. The molecule has 0 amide bonds. The second kappa shape index (κ2) is 20.7. The second-order valence-electron chi connectivity index (χ2n) is 21.3. The maximum atomic E-state index is 17.4. The maximum absolute atomic E-state index is 17.4. The Hall–Kier alpha value is -9.28. The van der Waals surface area contributed by atoms with Crippen LogP contribution in [0.1, 0.15) is 80.4 Å². The Morgan fingerprint density at radius 1 is 0.483 bits per heavy atom. The number of nitrogens with zero attached hydrogens (tertiary/aromatic N) is 6. The molecule has 25 heteroatoms. The highest BCUT2D eigenvalue weighted by molar-refractivity contribution is 7.29. The molecule has 12 nitrogen and oxygen atoms in total. The van der Waals surface area contributed by atoms with Gasteiger partial charge >= 0.3 is 0 Å². The highest BCUT2D eigenvalue weighted by Gasteiger charge is 2.42. The number of hydrogen-bond donors (Lipinski definition) is 0. The van der Waals surface area contributed by atoms with Gasteiger partial charge in [-0.15, -0.1) is 68.0 Å². The molecule has 0 unspecified atom stereocenters. The van der Waals surface area contributed by atoms with Crippen LogP contribution in [0.4, 0.5) is 26.3 Å². The third-order valence-electron chi connectivity index (χ3n) is 15.4. The summed E-state index contributed by atoms with van der Waals surface area (Å²) in [5.74, 6) is -6.96. The lowest BCUT2D eigenvalue weighted by Crippen LogP contribution is -2.27. The summed E-state index contributed by atoms with van der Waals surface area (Å²) in [7, 11) is 2.93. The molecule has 2 aliphatic heterocycles. The van der Waals surface area contributed by atoms with Crippen molar-refractivity contribution in [2.24, 2.45) is 0 Å². The van der Waals surface area contributed by atoms with Crippen molar-refractivity contribution in [3.8, 4) is 107 Å². The van der Waals surface area contributed by atoms with Crippen molar-refractivity contribution in [2.75, 3.05) is 14.2 Å². The smallest absolute Gasteiger partial charge is 0.194 e. The minimum absolute atomic E-state index is 0.0742. The second-order valence-corrected chi connectivity index (χ2v) is 28.2. The number of carbonyl (C=O) groups excluding carboxylic acids is 2. The van der Waals surface area contributed by atoms with Crippen LogP contribution in [0.15, 0.2) is 83.0 Å². The first-order valence-electron chi connectivity index (χ1n) is 26.2. The zero-order chi connectivity index (χ0) is 62.6. The zero-order valence-electron chi connectivity index (χ0n) is 46.2. The van der Waals surface area contributed by atoms with Gasteiger partial charge in [-0.2, -0.15) is 29.8 Å². The molecule has 0 saturated carbocycles. The molecule has 0 bridgehead atoms. The molecule has 0 fully saturated rings. The van der Waals surface area contributed by atoms with Crippen LogP contribution in [0.25, 0.3) is 94.2 Å². The number of nitriles is 4. The standard InChI is InChI=1S/C64H30F6N6O6S7/c1-63(2)33-15-43(85-57(33)62-42(82-63)18-46(88-62)60-40(80-6)10-26(84-60)8-32-48(24(21-73)22-74)28-12-36(66)38(68)14-30(28)56(32)78)49-51(69)52(70)50(54-53(49)75-89-76-54)44-17-41-61(86-44)58-34(64(3,4)81-41)16-45(87-58)59-39(79-5)9-25(83-59)7-31-47(23(19-71)20-72)27-11-35(65)37(67)13-29(27)55(31)77/h7-18H,1-6H3/b31-7-,32-8-. The molecular formula is C64H30F6N6O6S7. The summed E-state index contributed by atoms with van der Waals surface area (Å²) in [5.41, 5.74) is -2.23. The van der Waals surface area contributed by atoms with Crippen LogP contribution >= 0.6 is 79.7 Å². The molecule has 2 aliphatic carbocycles. The first kappa shape index (κ1) is 57.5. The van der Waals surface area contributed by atoms with Crippen molar-refractivity contribution >= 4 is 126 Å². The van der Waals surface area contributed by atoms with Crippen molar-refractivity contribution in [3.63, 3.8) is 0 Å². The predicted molar refractivity (Wildman–Crippen MR) is 331 cm³/mol. The SMILES string of the molecule is COc1cc(/C=C2\C(=O)c3cc(F)c(F)cc3C2=C(C#N)C#N)sc1-c1cc2c(s1)-c1sc(-c3c(F)c(F)c(-c4cc5c(s4)-c4sc(-c6sc(/C=C7\C(=O)c8cc(F)c(F)cc8C7=C(C#N)C#N)cc6OC)cc4C(C)(C)O5)c4nsnc34)cc1C(C)(C)O2. The molecule has 89 heavy (non-hydrogen) atoms. The average Bonchev–Trinajstić information content (AvgIpc) is 1.64. The number of fused-ring (bicyclic) bond motifs is 9. The number of rotatable bonds is 8. The molecule has 3 aromatic carbocycles. The number of aromatic nitrogens is 2. The zero-order valence-corrected chi connectivity index (χ0v) is 51.9. The van der Waals surface area contributed by atoms with Crippen molar-refractivity contribution in [3.05, 3.63) is 161 Å². The number of ketones is 2. The lowest BCUT2D eigenvalue weighted by molar-refractivity contribution is 0.103. The molecule has 0 saturated heterocycles. The molecule has 0 atom stereocenters. The van der Waals surface area contributed by atoms with Crippen LogP contribution in [-0.4, -0.2) is 34.5 Å². The van der Waals surface area contributed by atoms with Gasteiger partial charge in [-0.05, 0) is 106 Å². The number of methoxy groups -OCH3 is 2. The van der Waals surface area contributed by atoms with E-state index in [2.05, 4.69) is 8.75 Å². The molecule has 7 aromatic heterocycles. The highest BCUT2D eigenvalue weighted by atomic mass is 32.1. The van der Waals surface area contributed by atoms with Gasteiger partial charge < -0.3 is 18.9 Å². The van der Waals surface area contributed by atoms with E-state index in [1.807, 2.05) is 39.8 Å².